The molecule has 0 aliphatic carbocycles. The van der Waals surface area contributed by atoms with E-state index < -0.39 is 6.10 Å². The van der Waals surface area contributed by atoms with Crippen molar-refractivity contribution in [1.82, 2.24) is 5.32 Å². The van der Waals surface area contributed by atoms with Crippen molar-refractivity contribution in [2.75, 3.05) is 13.7 Å². The first-order valence-electron chi connectivity index (χ1n) is 8.14. The van der Waals surface area contributed by atoms with Crippen molar-refractivity contribution in [3.05, 3.63) is 58.1 Å². The highest BCUT2D eigenvalue weighted by Crippen LogP contribution is 2.39. The van der Waals surface area contributed by atoms with Gasteiger partial charge in [-0.25, -0.2) is 0 Å². The van der Waals surface area contributed by atoms with Crippen molar-refractivity contribution < 1.29 is 14.3 Å². The van der Waals surface area contributed by atoms with Gasteiger partial charge >= 0.3 is 0 Å². The van der Waals surface area contributed by atoms with E-state index in [0.29, 0.717) is 18.1 Å². The van der Waals surface area contributed by atoms with E-state index >= 15 is 0 Å². The number of carbonyl (C=O) groups excluding carboxylic acids is 1. The Morgan fingerprint density at radius 1 is 1.29 bits per heavy atom. The Morgan fingerprint density at radius 3 is 2.88 bits per heavy atom. The molecule has 0 saturated heterocycles. The summed E-state index contributed by atoms with van der Waals surface area (Å²) >= 11 is 1.53. The summed E-state index contributed by atoms with van der Waals surface area (Å²) in [6.07, 6.45) is 1.54. The van der Waals surface area contributed by atoms with Gasteiger partial charge in [0.1, 0.15) is 5.75 Å². The first kappa shape index (κ1) is 16.6. The molecule has 0 saturated carbocycles. The molecule has 1 N–H and O–H groups in total. The number of thiophene rings is 1. The lowest BCUT2D eigenvalue weighted by Gasteiger charge is -2.08. The Morgan fingerprint density at radius 2 is 2.17 bits per heavy atom. The SMILES string of the molecule is CCCCOc1cccc(C2=C(NC)OC(c3cccs3)C2=O)c1. The van der Waals surface area contributed by atoms with E-state index in [2.05, 4.69) is 12.2 Å². The summed E-state index contributed by atoms with van der Waals surface area (Å²) < 4.78 is 11.6. The molecular formula is C19H21NO3S. The van der Waals surface area contributed by atoms with E-state index in [1.165, 1.54) is 11.3 Å². The molecule has 4 nitrogen and oxygen atoms in total. The second-order valence-electron chi connectivity index (χ2n) is 5.56. The van der Waals surface area contributed by atoms with Gasteiger partial charge in [-0.2, -0.15) is 0 Å². The number of unbranched alkanes of at least 4 members (excludes halogenated alkanes) is 1. The molecule has 1 aromatic carbocycles. The molecule has 0 spiro atoms. The van der Waals surface area contributed by atoms with Gasteiger partial charge in [-0.3, -0.25) is 4.79 Å². The third-order valence-electron chi connectivity index (χ3n) is 3.87. The van der Waals surface area contributed by atoms with Crippen molar-refractivity contribution in [2.24, 2.45) is 0 Å². The van der Waals surface area contributed by atoms with E-state index in [1.807, 2.05) is 41.8 Å². The Kier molecular flexibility index (Phi) is 5.20. The van der Waals surface area contributed by atoms with Gasteiger partial charge in [-0.05, 0) is 35.6 Å². The number of benzene rings is 1. The zero-order valence-electron chi connectivity index (χ0n) is 13.9. The summed E-state index contributed by atoms with van der Waals surface area (Å²) in [6.45, 7) is 2.81. The fourth-order valence-corrected chi connectivity index (χ4v) is 3.38. The van der Waals surface area contributed by atoms with Crippen molar-refractivity contribution in [2.45, 2.75) is 25.9 Å². The average molecular weight is 343 g/mol. The highest BCUT2D eigenvalue weighted by atomic mass is 32.1. The van der Waals surface area contributed by atoms with Crippen LogP contribution in [0.4, 0.5) is 0 Å². The fourth-order valence-electron chi connectivity index (χ4n) is 2.63. The number of ether oxygens (including phenoxy) is 2. The van der Waals surface area contributed by atoms with Crippen LogP contribution in [0.25, 0.3) is 5.57 Å². The number of nitrogens with one attached hydrogen (secondary N) is 1. The van der Waals surface area contributed by atoms with Crippen LogP contribution >= 0.6 is 11.3 Å². The molecular weight excluding hydrogens is 322 g/mol. The van der Waals surface area contributed by atoms with Gasteiger partial charge in [0.25, 0.3) is 0 Å². The normalized spacial score (nSPS) is 17.1. The molecule has 1 aliphatic heterocycles. The van der Waals surface area contributed by atoms with E-state index in [4.69, 9.17) is 9.47 Å². The lowest BCUT2D eigenvalue weighted by atomic mass is 10.00. The monoisotopic (exact) mass is 343 g/mol. The molecule has 126 valence electrons. The molecule has 5 heteroatoms. The molecule has 0 amide bonds. The number of hydrogen-bond acceptors (Lipinski definition) is 5. The van der Waals surface area contributed by atoms with Gasteiger partial charge in [0.2, 0.25) is 5.78 Å². The molecule has 1 aromatic heterocycles. The number of ketones is 1. The third-order valence-corrected chi connectivity index (χ3v) is 4.78. The molecule has 1 unspecified atom stereocenters. The van der Waals surface area contributed by atoms with Crippen molar-refractivity contribution >= 4 is 22.7 Å². The summed E-state index contributed by atoms with van der Waals surface area (Å²) in [5, 5.41) is 4.96. The van der Waals surface area contributed by atoms with Crippen LogP contribution in [0, 0.1) is 0 Å². The summed E-state index contributed by atoms with van der Waals surface area (Å²) in [5.74, 6) is 1.27. The van der Waals surface area contributed by atoms with Crippen LogP contribution in [0.2, 0.25) is 0 Å². The summed E-state index contributed by atoms with van der Waals surface area (Å²) in [7, 11) is 1.76. The van der Waals surface area contributed by atoms with Crippen LogP contribution in [-0.2, 0) is 9.53 Å². The molecule has 0 bridgehead atoms. The second kappa shape index (κ2) is 7.53. The summed E-state index contributed by atoms with van der Waals surface area (Å²) in [4.78, 5) is 13.8. The zero-order chi connectivity index (χ0) is 16.9. The van der Waals surface area contributed by atoms with E-state index in [0.717, 1.165) is 29.0 Å². The first-order valence-corrected chi connectivity index (χ1v) is 9.02. The molecule has 1 atom stereocenters. The third kappa shape index (κ3) is 3.31. The Bertz CT molecular complexity index is 737. The maximum Gasteiger partial charge on any atom is 0.214 e. The lowest BCUT2D eigenvalue weighted by molar-refractivity contribution is -0.120. The summed E-state index contributed by atoms with van der Waals surface area (Å²) in [5.41, 5.74) is 1.40. The fraction of sp³-hybridized carbons (Fsp3) is 0.316. The zero-order valence-corrected chi connectivity index (χ0v) is 14.7. The first-order chi connectivity index (χ1) is 11.7. The topological polar surface area (TPSA) is 47.6 Å². The molecule has 2 aromatic rings. The van der Waals surface area contributed by atoms with Gasteiger partial charge in [0.15, 0.2) is 12.0 Å². The van der Waals surface area contributed by atoms with Crippen LogP contribution in [0.3, 0.4) is 0 Å². The summed E-state index contributed by atoms with van der Waals surface area (Å²) in [6, 6.07) is 11.5. The van der Waals surface area contributed by atoms with Crippen molar-refractivity contribution in [1.29, 1.82) is 0 Å². The Hall–Kier alpha value is -2.27. The minimum absolute atomic E-state index is 0.0208. The van der Waals surface area contributed by atoms with E-state index in [1.54, 1.807) is 7.05 Å². The van der Waals surface area contributed by atoms with Crippen LogP contribution in [-0.4, -0.2) is 19.4 Å². The Labute approximate surface area is 146 Å². The van der Waals surface area contributed by atoms with Crippen molar-refractivity contribution in [3.63, 3.8) is 0 Å². The highest BCUT2D eigenvalue weighted by Gasteiger charge is 2.37. The van der Waals surface area contributed by atoms with Crippen LogP contribution in [0.15, 0.2) is 47.7 Å². The van der Waals surface area contributed by atoms with Crippen LogP contribution < -0.4 is 10.1 Å². The van der Waals surface area contributed by atoms with Crippen molar-refractivity contribution in [3.8, 4) is 5.75 Å². The molecule has 24 heavy (non-hydrogen) atoms. The predicted octanol–water partition coefficient (Wildman–Crippen LogP) is 4.16. The van der Waals surface area contributed by atoms with E-state index in [-0.39, 0.29) is 5.78 Å². The van der Waals surface area contributed by atoms with E-state index in [9.17, 15) is 4.79 Å². The van der Waals surface area contributed by atoms with Gasteiger partial charge in [-0.15, -0.1) is 11.3 Å². The highest BCUT2D eigenvalue weighted by molar-refractivity contribution is 7.10. The smallest absolute Gasteiger partial charge is 0.214 e. The van der Waals surface area contributed by atoms with Gasteiger partial charge in [0, 0.05) is 7.05 Å². The maximum atomic E-state index is 12.9. The standard InChI is InChI=1S/C19H21NO3S/c1-3-4-10-22-14-8-5-7-13(12-14)16-17(21)18(23-19(16)20-2)15-9-6-11-24-15/h5-9,11-12,18,20H,3-4,10H2,1-2H3. The second-order valence-corrected chi connectivity index (χ2v) is 6.54. The Balaban J connectivity index is 1.86. The van der Waals surface area contributed by atoms with Crippen LogP contribution in [0.1, 0.15) is 36.3 Å². The van der Waals surface area contributed by atoms with Crippen LogP contribution in [0.5, 0.6) is 5.75 Å². The minimum atomic E-state index is -0.563. The number of carbonyl (C=O) groups is 1. The molecule has 2 heterocycles. The quantitative estimate of drug-likeness (QED) is 0.767. The molecule has 3 rings (SSSR count). The lowest BCUT2D eigenvalue weighted by Crippen LogP contribution is -2.08. The van der Waals surface area contributed by atoms with Gasteiger partial charge < -0.3 is 14.8 Å². The van der Waals surface area contributed by atoms with Gasteiger partial charge in [0.05, 0.1) is 17.1 Å². The molecule has 0 fully saturated rings. The largest absolute Gasteiger partial charge is 0.494 e. The number of rotatable bonds is 7. The maximum absolute atomic E-state index is 12.9. The number of hydrogen-bond donors (Lipinski definition) is 1. The van der Waals surface area contributed by atoms with Gasteiger partial charge in [-0.1, -0.05) is 31.5 Å². The predicted molar refractivity (Wildman–Crippen MR) is 96.0 cm³/mol. The molecule has 1 aliphatic rings. The number of Topliss-reactive ketones (excluding diaryl/α,β-unsaturated/α-hetero) is 1. The minimum Gasteiger partial charge on any atom is -0.494 e. The molecule has 0 radical (unpaired) electrons. The average Bonchev–Trinajstić information content (AvgIpc) is 3.23.